The third kappa shape index (κ3) is 2.39. The van der Waals surface area contributed by atoms with E-state index < -0.39 is 5.41 Å². The molecule has 0 bridgehead atoms. The van der Waals surface area contributed by atoms with E-state index in [-0.39, 0.29) is 22.8 Å². The number of carbonyl (C=O) groups is 2. The van der Waals surface area contributed by atoms with Crippen LogP contribution in [-0.4, -0.2) is 16.9 Å². The van der Waals surface area contributed by atoms with Crippen molar-refractivity contribution in [3.05, 3.63) is 12.2 Å². The van der Waals surface area contributed by atoms with E-state index in [0.717, 1.165) is 6.42 Å². The fraction of sp³-hybridized carbons (Fsp3) is 0.583. The minimum absolute atomic E-state index is 0.0967. The Hall–Kier alpha value is -1.23. The maximum Gasteiger partial charge on any atom is 0.242 e. The predicted octanol–water partition coefficient (Wildman–Crippen LogP) is 1.52. The average Bonchev–Trinajstić information content (AvgIpc) is 2.23. The molecular formula is C12H18N2O2S. The standard InChI is InChI=1S/C12H18N2O2S/c1-4-6-8(3)12(7-5-2)9(15)13-11(17)14-10(12)16/h4,6,8H,5,7H2,1-3H3,(H2,13,14,15,16,17)/b6-4+/t8-/m1/s1. The predicted molar refractivity (Wildman–Crippen MR) is 70.2 cm³/mol. The molecule has 94 valence electrons. The molecule has 0 radical (unpaired) electrons. The molecule has 1 atom stereocenters. The number of nitrogens with one attached hydrogen (secondary N) is 2. The largest absolute Gasteiger partial charge is 0.302 e. The molecule has 0 aromatic heterocycles. The Morgan fingerprint density at radius 2 is 1.88 bits per heavy atom. The van der Waals surface area contributed by atoms with Crippen molar-refractivity contribution in [3.63, 3.8) is 0 Å². The molecule has 0 aromatic rings. The molecule has 4 nitrogen and oxygen atoms in total. The maximum absolute atomic E-state index is 12.1. The lowest BCUT2D eigenvalue weighted by Crippen LogP contribution is -2.64. The first kappa shape index (κ1) is 13.8. The zero-order valence-corrected chi connectivity index (χ0v) is 11.2. The molecule has 17 heavy (non-hydrogen) atoms. The highest BCUT2D eigenvalue weighted by atomic mass is 32.1. The van der Waals surface area contributed by atoms with Crippen molar-refractivity contribution < 1.29 is 9.59 Å². The Morgan fingerprint density at radius 1 is 1.35 bits per heavy atom. The summed E-state index contributed by atoms with van der Waals surface area (Å²) < 4.78 is 0. The van der Waals surface area contributed by atoms with E-state index in [4.69, 9.17) is 12.2 Å². The molecule has 2 N–H and O–H groups in total. The van der Waals surface area contributed by atoms with Gasteiger partial charge in [0.2, 0.25) is 11.8 Å². The Kier molecular flexibility index (Phi) is 4.40. The molecular weight excluding hydrogens is 236 g/mol. The van der Waals surface area contributed by atoms with Gasteiger partial charge in [-0.2, -0.15) is 0 Å². The second-order valence-electron chi connectivity index (χ2n) is 4.27. The van der Waals surface area contributed by atoms with Crippen molar-refractivity contribution in [1.29, 1.82) is 0 Å². The van der Waals surface area contributed by atoms with E-state index in [9.17, 15) is 9.59 Å². The third-order valence-electron chi connectivity index (χ3n) is 3.17. The lowest BCUT2D eigenvalue weighted by molar-refractivity contribution is -0.146. The third-order valence-corrected chi connectivity index (χ3v) is 3.37. The molecule has 1 aliphatic rings. The number of rotatable bonds is 4. The summed E-state index contributed by atoms with van der Waals surface area (Å²) in [5, 5.41) is 5.20. The van der Waals surface area contributed by atoms with Crippen LogP contribution in [0.1, 0.15) is 33.6 Å². The van der Waals surface area contributed by atoms with E-state index in [2.05, 4.69) is 10.6 Å². The number of amides is 2. The minimum atomic E-state index is -1.04. The zero-order chi connectivity index (χ0) is 13.1. The molecule has 5 heteroatoms. The van der Waals surface area contributed by atoms with Crippen molar-refractivity contribution >= 4 is 29.1 Å². The first-order valence-corrected chi connectivity index (χ1v) is 6.19. The molecule has 1 aliphatic heterocycles. The van der Waals surface area contributed by atoms with E-state index >= 15 is 0 Å². The van der Waals surface area contributed by atoms with Crippen LogP contribution in [0.2, 0.25) is 0 Å². The van der Waals surface area contributed by atoms with Crippen molar-refractivity contribution in [1.82, 2.24) is 10.6 Å². The smallest absolute Gasteiger partial charge is 0.242 e. The highest BCUT2D eigenvalue weighted by molar-refractivity contribution is 7.80. The summed E-state index contributed by atoms with van der Waals surface area (Å²) in [4.78, 5) is 24.3. The van der Waals surface area contributed by atoms with Gasteiger partial charge >= 0.3 is 0 Å². The Labute approximate surface area is 107 Å². The van der Waals surface area contributed by atoms with Crippen LogP contribution in [0.5, 0.6) is 0 Å². The summed E-state index contributed by atoms with van der Waals surface area (Å²) in [5.41, 5.74) is -1.04. The normalized spacial score (nSPS) is 21.2. The molecule has 1 heterocycles. The van der Waals surface area contributed by atoms with Gasteiger partial charge in [0.1, 0.15) is 5.41 Å². The molecule has 2 amide bonds. The van der Waals surface area contributed by atoms with Gasteiger partial charge in [0, 0.05) is 0 Å². The van der Waals surface area contributed by atoms with Crippen LogP contribution in [0.4, 0.5) is 0 Å². The highest BCUT2D eigenvalue weighted by Gasteiger charge is 2.51. The number of hydrogen-bond donors (Lipinski definition) is 2. The van der Waals surface area contributed by atoms with E-state index in [1.54, 1.807) is 0 Å². The van der Waals surface area contributed by atoms with E-state index in [0.29, 0.717) is 6.42 Å². The van der Waals surface area contributed by atoms with Crippen LogP contribution in [-0.2, 0) is 9.59 Å². The van der Waals surface area contributed by atoms with Crippen molar-refractivity contribution in [2.75, 3.05) is 0 Å². The number of hydrogen-bond acceptors (Lipinski definition) is 3. The van der Waals surface area contributed by atoms with Gasteiger partial charge in [-0.25, -0.2) is 0 Å². The Bertz CT molecular complexity index is 357. The number of carbonyl (C=O) groups excluding carboxylic acids is 2. The van der Waals surface area contributed by atoms with Gasteiger partial charge < -0.3 is 10.6 Å². The SMILES string of the molecule is C/C=C/[C@@H](C)C1(CCC)C(=O)NC(=S)NC1=O. The summed E-state index contributed by atoms with van der Waals surface area (Å²) >= 11 is 4.82. The van der Waals surface area contributed by atoms with Crippen LogP contribution in [0.15, 0.2) is 12.2 Å². The second kappa shape index (κ2) is 5.40. The summed E-state index contributed by atoms with van der Waals surface area (Å²) in [6, 6.07) is 0. The number of allylic oxidation sites excluding steroid dienone is 2. The molecule has 1 fully saturated rings. The quantitative estimate of drug-likeness (QED) is 0.454. The van der Waals surface area contributed by atoms with Gasteiger partial charge in [0.05, 0.1) is 0 Å². The van der Waals surface area contributed by atoms with Gasteiger partial charge in [0.15, 0.2) is 5.11 Å². The van der Waals surface area contributed by atoms with Gasteiger partial charge in [-0.15, -0.1) is 0 Å². The summed E-state index contributed by atoms with van der Waals surface area (Å²) in [6.07, 6.45) is 5.01. The molecule has 0 saturated carbocycles. The Morgan fingerprint density at radius 3 is 2.29 bits per heavy atom. The van der Waals surface area contributed by atoms with Crippen molar-refractivity contribution in [2.45, 2.75) is 33.6 Å². The molecule has 1 saturated heterocycles. The molecule has 0 aromatic carbocycles. The van der Waals surface area contributed by atoms with Gasteiger partial charge in [0.25, 0.3) is 0 Å². The molecule has 0 unspecified atom stereocenters. The van der Waals surface area contributed by atoms with E-state index in [1.165, 1.54) is 0 Å². The first-order valence-electron chi connectivity index (χ1n) is 5.78. The topological polar surface area (TPSA) is 58.2 Å². The lowest BCUT2D eigenvalue weighted by Gasteiger charge is -2.38. The monoisotopic (exact) mass is 254 g/mol. The van der Waals surface area contributed by atoms with Crippen LogP contribution in [0.3, 0.4) is 0 Å². The molecule has 0 aliphatic carbocycles. The summed E-state index contributed by atoms with van der Waals surface area (Å²) in [6.45, 7) is 5.71. The minimum Gasteiger partial charge on any atom is -0.302 e. The van der Waals surface area contributed by atoms with E-state index in [1.807, 2.05) is 32.9 Å². The molecule has 0 spiro atoms. The van der Waals surface area contributed by atoms with Gasteiger partial charge in [-0.05, 0) is 31.5 Å². The van der Waals surface area contributed by atoms with Crippen molar-refractivity contribution in [2.24, 2.45) is 11.3 Å². The second-order valence-corrected chi connectivity index (χ2v) is 4.68. The number of thiocarbonyl (C=S) groups is 1. The zero-order valence-electron chi connectivity index (χ0n) is 10.4. The van der Waals surface area contributed by atoms with Crippen molar-refractivity contribution in [3.8, 4) is 0 Å². The van der Waals surface area contributed by atoms with Gasteiger partial charge in [-0.1, -0.05) is 32.4 Å². The van der Waals surface area contributed by atoms with Crippen LogP contribution >= 0.6 is 12.2 Å². The van der Waals surface area contributed by atoms with Crippen LogP contribution < -0.4 is 10.6 Å². The van der Waals surface area contributed by atoms with Gasteiger partial charge in [-0.3, -0.25) is 9.59 Å². The van der Waals surface area contributed by atoms with Crippen LogP contribution in [0, 0.1) is 11.3 Å². The maximum atomic E-state index is 12.1. The fourth-order valence-electron chi connectivity index (χ4n) is 2.28. The Balaban J connectivity index is 3.16. The lowest BCUT2D eigenvalue weighted by atomic mass is 9.70. The molecule has 1 rings (SSSR count). The fourth-order valence-corrected chi connectivity index (χ4v) is 2.46. The average molecular weight is 254 g/mol. The highest BCUT2D eigenvalue weighted by Crippen LogP contribution is 2.36. The summed E-state index contributed by atoms with van der Waals surface area (Å²) in [7, 11) is 0. The van der Waals surface area contributed by atoms with Crippen LogP contribution in [0.25, 0.3) is 0 Å². The summed E-state index contributed by atoms with van der Waals surface area (Å²) in [5.74, 6) is -0.743. The first-order chi connectivity index (χ1) is 7.98.